The summed E-state index contributed by atoms with van der Waals surface area (Å²) in [5.41, 5.74) is -1.13. The number of aliphatic imine (C=N–C) groups is 1. The number of furan rings is 1. The third-order valence-electron chi connectivity index (χ3n) is 3.41. The smallest absolute Gasteiger partial charge is 0.191 e. The summed E-state index contributed by atoms with van der Waals surface area (Å²) < 4.78 is 6.62. The highest BCUT2D eigenvalue weighted by Crippen LogP contribution is 2.23. The molecule has 2 heterocycles. The summed E-state index contributed by atoms with van der Waals surface area (Å²) in [5, 5.41) is 19.0. The molecule has 2 rings (SSSR count). The van der Waals surface area contributed by atoms with Crippen LogP contribution in [0.5, 0.6) is 0 Å². The molecule has 0 fully saturated rings. The van der Waals surface area contributed by atoms with Crippen LogP contribution in [-0.2, 0) is 5.60 Å². The van der Waals surface area contributed by atoms with Gasteiger partial charge in [0.25, 0.3) is 0 Å². The second-order valence-corrected chi connectivity index (χ2v) is 8.04. The number of nitrogens with zero attached hydrogens (tertiary/aromatic N) is 2. The van der Waals surface area contributed by atoms with Crippen molar-refractivity contribution in [2.24, 2.45) is 4.99 Å². The fourth-order valence-electron chi connectivity index (χ4n) is 2.10. The molecule has 138 valence electrons. The second kappa shape index (κ2) is 9.84. The normalized spacial score (nSPS) is 14.3. The summed E-state index contributed by atoms with van der Waals surface area (Å²) in [7, 11) is 0. The lowest BCUT2D eigenvalue weighted by Gasteiger charge is -2.19. The molecule has 3 N–H and O–H groups in total. The van der Waals surface area contributed by atoms with Crippen LogP contribution in [0, 0.1) is 6.92 Å². The van der Waals surface area contributed by atoms with E-state index < -0.39 is 5.60 Å². The second-order valence-electron chi connectivity index (χ2n) is 5.81. The highest BCUT2D eigenvalue weighted by Gasteiger charge is 2.26. The first-order valence-corrected chi connectivity index (χ1v) is 10.2. The lowest BCUT2D eigenvalue weighted by atomic mass is 10.0. The Morgan fingerprint density at radius 1 is 1.44 bits per heavy atom. The minimum Gasteiger partial charge on any atom is -0.463 e. The van der Waals surface area contributed by atoms with Gasteiger partial charge >= 0.3 is 0 Å². The number of thiazole rings is 1. The predicted molar refractivity (Wildman–Crippen MR) is 104 cm³/mol. The van der Waals surface area contributed by atoms with Gasteiger partial charge in [0.05, 0.1) is 6.54 Å². The Labute approximate surface area is 157 Å². The van der Waals surface area contributed by atoms with Gasteiger partial charge in [0.15, 0.2) is 5.96 Å². The molecule has 2 aromatic rings. The van der Waals surface area contributed by atoms with Crippen molar-refractivity contribution in [3.63, 3.8) is 0 Å². The molecule has 1 atom stereocenters. The monoisotopic (exact) mass is 382 g/mol. The first-order valence-electron chi connectivity index (χ1n) is 8.35. The lowest BCUT2D eigenvalue weighted by Crippen LogP contribution is -2.39. The molecule has 2 aromatic heterocycles. The fourth-order valence-corrected chi connectivity index (χ4v) is 3.74. The van der Waals surface area contributed by atoms with E-state index in [4.69, 9.17) is 4.42 Å². The van der Waals surface area contributed by atoms with E-state index in [-0.39, 0.29) is 6.54 Å². The molecule has 0 aliphatic heterocycles. The van der Waals surface area contributed by atoms with Crippen molar-refractivity contribution in [1.29, 1.82) is 0 Å². The molecule has 0 bridgehead atoms. The van der Waals surface area contributed by atoms with Crippen molar-refractivity contribution in [2.45, 2.75) is 37.1 Å². The topological polar surface area (TPSA) is 82.7 Å². The Bertz CT molecular complexity index is 653. The first kappa shape index (κ1) is 19.8. The van der Waals surface area contributed by atoms with Crippen molar-refractivity contribution >= 4 is 29.1 Å². The molecule has 0 saturated heterocycles. The molecule has 8 heteroatoms. The zero-order chi connectivity index (χ0) is 18.1. The third-order valence-corrected chi connectivity index (χ3v) is 5.46. The van der Waals surface area contributed by atoms with Gasteiger partial charge < -0.3 is 20.2 Å². The number of aromatic nitrogens is 1. The van der Waals surface area contributed by atoms with Crippen molar-refractivity contribution in [3.8, 4) is 0 Å². The van der Waals surface area contributed by atoms with Gasteiger partial charge in [-0.1, -0.05) is 11.8 Å². The highest BCUT2D eigenvalue weighted by atomic mass is 32.2. The molecule has 1 unspecified atom stereocenters. The van der Waals surface area contributed by atoms with Crippen LogP contribution in [-0.4, -0.2) is 41.4 Å². The van der Waals surface area contributed by atoms with Crippen LogP contribution < -0.4 is 10.6 Å². The van der Waals surface area contributed by atoms with E-state index in [1.165, 1.54) is 0 Å². The maximum absolute atomic E-state index is 10.6. The van der Waals surface area contributed by atoms with Crippen LogP contribution in [0.3, 0.4) is 0 Å². The zero-order valence-electron chi connectivity index (χ0n) is 14.9. The Morgan fingerprint density at radius 2 is 2.28 bits per heavy atom. The summed E-state index contributed by atoms with van der Waals surface area (Å²) in [6, 6.07) is 3.64. The Kier molecular flexibility index (Phi) is 7.80. The molecule has 25 heavy (non-hydrogen) atoms. The SMILES string of the molecule is CCNC(=NCC(C)(O)c1ccc(C)o1)NCCCSc1nccs1. The average Bonchev–Trinajstić information content (AvgIpc) is 3.24. The van der Waals surface area contributed by atoms with E-state index in [1.807, 2.05) is 31.5 Å². The molecular formula is C17H26N4O2S2. The van der Waals surface area contributed by atoms with E-state index in [1.54, 1.807) is 36.1 Å². The number of guanidine groups is 1. The Balaban J connectivity index is 1.79. The minimum atomic E-state index is -1.13. The molecular weight excluding hydrogens is 356 g/mol. The third kappa shape index (κ3) is 6.72. The van der Waals surface area contributed by atoms with Crippen molar-refractivity contribution in [2.75, 3.05) is 25.4 Å². The Morgan fingerprint density at radius 3 is 2.92 bits per heavy atom. The van der Waals surface area contributed by atoms with E-state index in [0.717, 1.165) is 35.4 Å². The molecule has 0 aliphatic rings. The summed E-state index contributed by atoms with van der Waals surface area (Å²) in [6.07, 6.45) is 2.83. The number of aliphatic hydroxyl groups is 1. The van der Waals surface area contributed by atoms with Crippen molar-refractivity contribution in [1.82, 2.24) is 15.6 Å². The molecule has 0 radical (unpaired) electrons. The maximum Gasteiger partial charge on any atom is 0.191 e. The van der Waals surface area contributed by atoms with E-state index in [9.17, 15) is 5.11 Å². The van der Waals surface area contributed by atoms with Gasteiger partial charge in [-0.3, -0.25) is 0 Å². The lowest BCUT2D eigenvalue weighted by molar-refractivity contribution is 0.0428. The van der Waals surface area contributed by atoms with Gasteiger partial charge in [0.2, 0.25) is 0 Å². The number of rotatable bonds is 9. The van der Waals surface area contributed by atoms with Crippen LogP contribution in [0.1, 0.15) is 31.8 Å². The van der Waals surface area contributed by atoms with Gasteiger partial charge in [0, 0.05) is 30.4 Å². The highest BCUT2D eigenvalue weighted by molar-refractivity contribution is 8.00. The van der Waals surface area contributed by atoms with Crippen LogP contribution in [0.15, 0.2) is 37.5 Å². The average molecular weight is 383 g/mol. The molecule has 0 saturated carbocycles. The fraction of sp³-hybridized carbons (Fsp3) is 0.529. The number of nitrogens with one attached hydrogen (secondary N) is 2. The summed E-state index contributed by atoms with van der Waals surface area (Å²) >= 11 is 3.43. The largest absolute Gasteiger partial charge is 0.463 e. The van der Waals surface area contributed by atoms with Crippen LogP contribution >= 0.6 is 23.1 Å². The maximum atomic E-state index is 10.6. The van der Waals surface area contributed by atoms with Crippen LogP contribution in [0.4, 0.5) is 0 Å². The molecule has 0 aliphatic carbocycles. The van der Waals surface area contributed by atoms with E-state index >= 15 is 0 Å². The summed E-state index contributed by atoms with van der Waals surface area (Å²) in [6.45, 7) is 7.39. The molecule has 0 spiro atoms. The number of thioether (sulfide) groups is 1. The first-order chi connectivity index (χ1) is 12.0. The summed E-state index contributed by atoms with van der Waals surface area (Å²) in [5.74, 6) is 3.01. The number of aryl methyl sites for hydroxylation is 1. The number of hydrogen-bond donors (Lipinski definition) is 3. The van der Waals surface area contributed by atoms with Crippen molar-refractivity contribution in [3.05, 3.63) is 35.2 Å². The molecule has 0 aromatic carbocycles. The number of hydrogen-bond acceptors (Lipinski definition) is 6. The van der Waals surface area contributed by atoms with E-state index in [0.29, 0.717) is 11.7 Å². The van der Waals surface area contributed by atoms with Gasteiger partial charge in [-0.05, 0) is 39.3 Å². The quantitative estimate of drug-likeness (QED) is 0.268. The van der Waals surface area contributed by atoms with Crippen molar-refractivity contribution < 1.29 is 9.52 Å². The van der Waals surface area contributed by atoms with Gasteiger partial charge in [-0.25, -0.2) is 9.98 Å². The van der Waals surface area contributed by atoms with Gasteiger partial charge in [-0.15, -0.1) is 11.3 Å². The molecule has 0 amide bonds. The van der Waals surface area contributed by atoms with Gasteiger partial charge in [-0.2, -0.15) is 0 Å². The zero-order valence-corrected chi connectivity index (χ0v) is 16.5. The summed E-state index contributed by atoms with van der Waals surface area (Å²) in [4.78, 5) is 8.74. The van der Waals surface area contributed by atoms with E-state index in [2.05, 4.69) is 20.6 Å². The van der Waals surface area contributed by atoms with Crippen LogP contribution in [0.2, 0.25) is 0 Å². The van der Waals surface area contributed by atoms with Gasteiger partial charge in [0.1, 0.15) is 21.5 Å². The Hall–Kier alpha value is -1.51. The molecule has 6 nitrogen and oxygen atoms in total. The standard InChI is InChI=1S/C17H26N4O2S2/c1-4-18-15(19-8-5-10-24-16-20-9-11-25-16)21-12-17(3,22)14-7-6-13(2)23-14/h6-7,9,11,22H,4-5,8,10,12H2,1-3H3,(H2,18,19,21). The van der Waals surface area contributed by atoms with Crippen LogP contribution in [0.25, 0.3) is 0 Å². The predicted octanol–water partition coefficient (Wildman–Crippen LogP) is 2.99. The minimum absolute atomic E-state index is 0.225.